The first-order valence-corrected chi connectivity index (χ1v) is 7.69. The lowest BCUT2D eigenvalue weighted by Crippen LogP contribution is -2.34. The second kappa shape index (κ2) is 6.99. The molecule has 1 aromatic rings. The molecule has 1 amide bonds. The SMILES string of the molecule is CC(CCS(C)=O)NC(=O)c1cccc([N+](=O)[O-])c1N. The van der Waals surface area contributed by atoms with E-state index in [1.165, 1.54) is 18.2 Å². The Bertz CT molecular complexity index is 548. The third-order valence-electron chi connectivity index (χ3n) is 2.74. The van der Waals surface area contributed by atoms with Crippen LogP contribution in [0.2, 0.25) is 0 Å². The van der Waals surface area contributed by atoms with Crippen molar-refractivity contribution in [2.45, 2.75) is 19.4 Å². The van der Waals surface area contributed by atoms with Crippen LogP contribution in [0.4, 0.5) is 11.4 Å². The van der Waals surface area contributed by atoms with Crippen molar-refractivity contribution in [3.05, 3.63) is 33.9 Å². The average Bonchev–Trinajstić information content (AvgIpc) is 2.36. The molecule has 0 bridgehead atoms. The number of nitro groups is 1. The van der Waals surface area contributed by atoms with Crippen LogP contribution in [-0.2, 0) is 10.8 Å². The van der Waals surface area contributed by atoms with Gasteiger partial charge in [-0.15, -0.1) is 0 Å². The van der Waals surface area contributed by atoms with Gasteiger partial charge in [-0.2, -0.15) is 0 Å². The Balaban J connectivity index is 2.80. The van der Waals surface area contributed by atoms with Gasteiger partial charge in [-0.3, -0.25) is 19.1 Å². The highest BCUT2D eigenvalue weighted by Gasteiger charge is 2.19. The molecular weight excluding hydrogens is 282 g/mol. The summed E-state index contributed by atoms with van der Waals surface area (Å²) in [6, 6.07) is 3.90. The number of anilines is 1. The van der Waals surface area contributed by atoms with Gasteiger partial charge in [0, 0.05) is 34.9 Å². The van der Waals surface area contributed by atoms with Crippen LogP contribution in [0, 0.1) is 10.1 Å². The molecule has 0 spiro atoms. The maximum absolute atomic E-state index is 12.0. The van der Waals surface area contributed by atoms with E-state index in [1.807, 2.05) is 0 Å². The molecular formula is C12H17N3O4S. The monoisotopic (exact) mass is 299 g/mol. The number of hydrogen-bond acceptors (Lipinski definition) is 5. The van der Waals surface area contributed by atoms with Crippen molar-refractivity contribution in [2.75, 3.05) is 17.7 Å². The summed E-state index contributed by atoms with van der Waals surface area (Å²) in [5.41, 5.74) is 5.26. The van der Waals surface area contributed by atoms with Gasteiger partial charge in [-0.1, -0.05) is 6.07 Å². The molecule has 0 aromatic heterocycles. The highest BCUT2D eigenvalue weighted by Crippen LogP contribution is 2.24. The Morgan fingerprint density at radius 1 is 1.55 bits per heavy atom. The van der Waals surface area contributed by atoms with Crippen molar-refractivity contribution < 1.29 is 13.9 Å². The number of carbonyl (C=O) groups is 1. The molecule has 7 nitrogen and oxygen atoms in total. The fraction of sp³-hybridized carbons (Fsp3) is 0.417. The number of nitro benzene ring substituents is 1. The minimum Gasteiger partial charge on any atom is -0.393 e. The van der Waals surface area contributed by atoms with Crippen molar-refractivity contribution in [3.8, 4) is 0 Å². The maximum atomic E-state index is 12.0. The minimum atomic E-state index is -0.925. The molecule has 0 fully saturated rings. The zero-order chi connectivity index (χ0) is 15.3. The van der Waals surface area contributed by atoms with Crippen LogP contribution in [0.15, 0.2) is 18.2 Å². The quantitative estimate of drug-likeness (QED) is 0.463. The lowest BCUT2D eigenvalue weighted by atomic mass is 10.1. The lowest BCUT2D eigenvalue weighted by molar-refractivity contribution is -0.383. The number of nitrogen functional groups attached to an aromatic ring is 1. The first-order chi connectivity index (χ1) is 9.32. The summed E-state index contributed by atoms with van der Waals surface area (Å²) in [5, 5.41) is 13.4. The van der Waals surface area contributed by atoms with E-state index in [4.69, 9.17) is 5.73 Å². The zero-order valence-corrected chi connectivity index (χ0v) is 12.1. The van der Waals surface area contributed by atoms with Crippen LogP contribution >= 0.6 is 0 Å². The predicted octanol–water partition coefficient (Wildman–Crippen LogP) is 1.06. The summed E-state index contributed by atoms with van der Waals surface area (Å²) in [6.45, 7) is 1.78. The highest BCUT2D eigenvalue weighted by molar-refractivity contribution is 7.84. The summed E-state index contributed by atoms with van der Waals surface area (Å²) in [5.74, 6) is 0.00636. The molecule has 20 heavy (non-hydrogen) atoms. The highest BCUT2D eigenvalue weighted by atomic mass is 32.2. The number of para-hydroxylation sites is 1. The fourth-order valence-electron chi connectivity index (χ4n) is 1.63. The molecule has 2 atom stereocenters. The van der Waals surface area contributed by atoms with E-state index >= 15 is 0 Å². The summed E-state index contributed by atoms with van der Waals surface area (Å²) in [6.07, 6.45) is 2.15. The number of nitrogens with one attached hydrogen (secondary N) is 1. The third kappa shape index (κ3) is 4.30. The van der Waals surface area contributed by atoms with Crippen molar-refractivity contribution in [1.29, 1.82) is 0 Å². The van der Waals surface area contributed by atoms with Crippen molar-refractivity contribution in [2.24, 2.45) is 0 Å². The van der Waals surface area contributed by atoms with Crippen LogP contribution in [0.25, 0.3) is 0 Å². The molecule has 0 saturated heterocycles. The van der Waals surface area contributed by atoms with E-state index in [2.05, 4.69) is 5.32 Å². The molecule has 0 saturated carbocycles. The number of amides is 1. The van der Waals surface area contributed by atoms with E-state index in [0.717, 1.165) is 0 Å². The second-order valence-corrected chi connectivity index (χ2v) is 5.99. The standard InChI is InChI=1S/C12H17N3O4S/c1-8(6-7-20(2)19)14-12(16)9-4-3-5-10(11(9)13)15(17)18/h3-5,8H,6-7,13H2,1-2H3,(H,14,16). The first-order valence-electron chi connectivity index (χ1n) is 5.96. The second-order valence-electron chi connectivity index (χ2n) is 4.44. The van der Waals surface area contributed by atoms with Crippen LogP contribution in [-0.4, -0.2) is 33.1 Å². The van der Waals surface area contributed by atoms with Crippen molar-refractivity contribution in [1.82, 2.24) is 5.32 Å². The predicted molar refractivity (Wildman–Crippen MR) is 78.0 cm³/mol. The topological polar surface area (TPSA) is 115 Å². The number of rotatable bonds is 6. The van der Waals surface area contributed by atoms with Gasteiger partial charge in [-0.05, 0) is 19.4 Å². The smallest absolute Gasteiger partial charge is 0.292 e. The van der Waals surface area contributed by atoms with Gasteiger partial charge in [0.25, 0.3) is 11.6 Å². The Morgan fingerprint density at radius 3 is 2.75 bits per heavy atom. The van der Waals surface area contributed by atoms with Crippen LogP contribution in [0.5, 0.6) is 0 Å². The molecule has 3 N–H and O–H groups in total. The summed E-state index contributed by atoms with van der Waals surface area (Å²) in [4.78, 5) is 22.1. The van der Waals surface area contributed by atoms with Gasteiger partial charge in [0.05, 0.1) is 10.5 Å². The molecule has 110 valence electrons. The van der Waals surface area contributed by atoms with Gasteiger partial charge in [0.1, 0.15) is 5.69 Å². The number of nitrogens with zero attached hydrogens (tertiary/aromatic N) is 1. The first kappa shape index (κ1) is 16.1. The molecule has 8 heteroatoms. The summed E-state index contributed by atoms with van der Waals surface area (Å²) >= 11 is 0. The molecule has 0 aliphatic rings. The summed E-state index contributed by atoms with van der Waals surface area (Å²) < 4.78 is 11.0. The zero-order valence-electron chi connectivity index (χ0n) is 11.3. The molecule has 0 aliphatic carbocycles. The van der Waals surface area contributed by atoms with Gasteiger partial charge in [0.2, 0.25) is 0 Å². The Labute approximate surface area is 119 Å². The number of nitrogens with two attached hydrogens (primary N) is 1. The van der Waals surface area contributed by atoms with Crippen molar-refractivity contribution in [3.63, 3.8) is 0 Å². The minimum absolute atomic E-state index is 0.0728. The van der Waals surface area contributed by atoms with Gasteiger partial charge >= 0.3 is 0 Å². The van der Waals surface area contributed by atoms with Crippen LogP contribution < -0.4 is 11.1 Å². The van der Waals surface area contributed by atoms with Crippen LogP contribution in [0.3, 0.4) is 0 Å². The molecule has 0 aliphatic heterocycles. The molecule has 2 unspecified atom stereocenters. The molecule has 0 radical (unpaired) electrons. The number of benzene rings is 1. The maximum Gasteiger partial charge on any atom is 0.292 e. The van der Waals surface area contributed by atoms with E-state index in [9.17, 15) is 19.1 Å². The molecule has 0 heterocycles. The van der Waals surface area contributed by atoms with Gasteiger partial charge in [0.15, 0.2) is 0 Å². The largest absolute Gasteiger partial charge is 0.393 e. The normalized spacial score (nSPS) is 13.5. The van der Waals surface area contributed by atoms with E-state index in [-0.39, 0.29) is 23.0 Å². The Morgan fingerprint density at radius 2 is 2.20 bits per heavy atom. The third-order valence-corrected chi connectivity index (χ3v) is 3.55. The summed E-state index contributed by atoms with van der Waals surface area (Å²) in [7, 11) is -0.925. The average molecular weight is 299 g/mol. The van der Waals surface area contributed by atoms with E-state index in [1.54, 1.807) is 13.2 Å². The van der Waals surface area contributed by atoms with E-state index < -0.39 is 21.6 Å². The van der Waals surface area contributed by atoms with Crippen LogP contribution in [0.1, 0.15) is 23.7 Å². The van der Waals surface area contributed by atoms with Crippen molar-refractivity contribution >= 4 is 28.1 Å². The fourth-order valence-corrected chi connectivity index (χ4v) is 2.31. The molecule has 1 rings (SSSR count). The number of carbonyl (C=O) groups excluding carboxylic acids is 1. The van der Waals surface area contributed by atoms with E-state index in [0.29, 0.717) is 12.2 Å². The number of hydrogen-bond donors (Lipinski definition) is 2. The Hall–Kier alpha value is -1.96. The Kier molecular flexibility index (Phi) is 5.63. The van der Waals surface area contributed by atoms with Gasteiger partial charge < -0.3 is 11.1 Å². The van der Waals surface area contributed by atoms with Gasteiger partial charge in [-0.25, -0.2) is 0 Å². The molecule has 1 aromatic carbocycles. The lowest BCUT2D eigenvalue weighted by Gasteiger charge is -2.14.